The van der Waals surface area contributed by atoms with Gasteiger partial charge in [-0.3, -0.25) is 4.79 Å². The number of carbonyl (C=O) groups is 1. The number of fused-ring (bicyclic) bond motifs is 2. The molecular formula is C24H38O3. The van der Waals surface area contributed by atoms with Crippen LogP contribution in [-0.4, -0.2) is 22.3 Å². The van der Waals surface area contributed by atoms with Crippen molar-refractivity contribution in [3.8, 4) is 0 Å². The van der Waals surface area contributed by atoms with E-state index in [9.17, 15) is 9.90 Å². The molecule has 3 heteroatoms. The molecule has 0 aliphatic heterocycles. The van der Waals surface area contributed by atoms with E-state index in [1.807, 2.05) is 0 Å². The largest absolute Gasteiger partial charge is 0.481 e. The topological polar surface area (TPSA) is 57.5 Å². The van der Waals surface area contributed by atoms with Crippen molar-refractivity contribution in [3.05, 3.63) is 0 Å². The van der Waals surface area contributed by atoms with E-state index in [4.69, 9.17) is 5.11 Å². The van der Waals surface area contributed by atoms with E-state index in [2.05, 4.69) is 13.8 Å². The first kappa shape index (κ1) is 18.5. The predicted molar refractivity (Wildman–Crippen MR) is 105 cm³/mol. The molecule has 0 amide bonds. The highest BCUT2D eigenvalue weighted by atomic mass is 16.4. The van der Waals surface area contributed by atoms with E-state index in [0.29, 0.717) is 46.3 Å². The second kappa shape index (κ2) is 5.97. The van der Waals surface area contributed by atoms with Crippen LogP contribution in [-0.2, 0) is 4.79 Å². The fraction of sp³-hybridized carbons (Fsp3) is 0.958. The third-order valence-electron chi connectivity index (χ3n) is 10.8. The van der Waals surface area contributed by atoms with Crippen molar-refractivity contribution in [2.75, 3.05) is 0 Å². The standard InChI is InChI=1S/C24H38O3/c1-15(6-9-20(26)27)17-7-8-18-21-19(25)13-16-5-3-4-10-23(16)14-24(21,23)12-11-22(17,18)2/h15-19,21,25H,3-14H2,1-2H3,(H,26,27)/t15?,16?,17?,18?,19-,21?,22?,23?,24?/m0/s1. The summed E-state index contributed by atoms with van der Waals surface area (Å²) in [5.41, 5.74) is 1.39. The molecule has 5 fully saturated rings. The zero-order valence-corrected chi connectivity index (χ0v) is 17.3. The first-order chi connectivity index (χ1) is 12.8. The Morgan fingerprint density at radius 3 is 2.70 bits per heavy atom. The van der Waals surface area contributed by atoms with Gasteiger partial charge in [-0.15, -0.1) is 0 Å². The van der Waals surface area contributed by atoms with Gasteiger partial charge in [-0.25, -0.2) is 0 Å². The molecule has 27 heavy (non-hydrogen) atoms. The third-order valence-corrected chi connectivity index (χ3v) is 10.8. The van der Waals surface area contributed by atoms with Crippen LogP contribution in [0, 0.1) is 45.8 Å². The lowest BCUT2D eigenvalue weighted by molar-refractivity contribution is -0.138. The maximum atomic E-state index is 11.3. The summed E-state index contributed by atoms with van der Waals surface area (Å²) in [6, 6.07) is 0. The van der Waals surface area contributed by atoms with Crippen molar-refractivity contribution in [2.45, 2.75) is 97.0 Å². The maximum absolute atomic E-state index is 11.3. The van der Waals surface area contributed by atoms with E-state index in [-0.39, 0.29) is 6.10 Å². The highest BCUT2D eigenvalue weighted by Crippen LogP contribution is 2.85. The van der Waals surface area contributed by atoms with Gasteiger partial charge in [0, 0.05) is 6.42 Å². The Bertz CT molecular complexity index is 631. The minimum absolute atomic E-state index is 0.0820. The molecule has 2 spiro atoms. The van der Waals surface area contributed by atoms with Crippen molar-refractivity contribution < 1.29 is 15.0 Å². The van der Waals surface area contributed by atoms with Crippen LogP contribution in [0.3, 0.4) is 0 Å². The van der Waals surface area contributed by atoms with Crippen LogP contribution in [0.25, 0.3) is 0 Å². The van der Waals surface area contributed by atoms with Crippen molar-refractivity contribution >= 4 is 5.97 Å². The van der Waals surface area contributed by atoms with E-state index in [0.717, 1.165) is 18.8 Å². The zero-order chi connectivity index (χ0) is 19.0. The van der Waals surface area contributed by atoms with E-state index in [1.165, 1.54) is 57.8 Å². The van der Waals surface area contributed by atoms with Crippen LogP contribution in [0.5, 0.6) is 0 Å². The average Bonchev–Trinajstić information content (AvgIpc) is 3.13. The SMILES string of the molecule is CC(CCC(=O)O)C1CCC2C3[C@@H](O)CC4CCCCC45CC35CCC12C. The van der Waals surface area contributed by atoms with Gasteiger partial charge in [0.2, 0.25) is 0 Å². The molecule has 5 saturated carbocycles. The monoisotopic (exact) mass is 374 g/mol. The Hall–Kier alpha value is -0.570. The van der Waals surface area contributed by atoms with E-state index in [1.54, 1.807) is 0 Å². The zero-order valence-electron chi connectivity index (χ0n) is 17.3. The van der Waals surface area contributed by atoms with Crippen LogP contribution in [0.2, 0.25) is 0 Å². The smallest absolute Gasteiger partial charge is 0.303 e. The molecule has 0 bridgehead atoms. The van der Waals surface area contributed by atoms with Crippen LogP contribution >= 0.6 is 0 Å². The molecule has 5 aliphatic rings. The number of aliphatic carboxylic acids is 1. The molecule has 152 valence electrons. The van der Waals surface area contributed by atoms with Gasteiger partial charge in [0.05, 0.1) is 6.10 Å². The number of rotatable bonds is 4. The van der Waals surface area contributed by atoms with Gasteiger partial charge < -0.3 is 10.2 Å². The Labute approximate surface area is 164 Å². The van der Waals surface area contributed by atoms with Gasteiger partial charge in [-0.1, -0.05) is 26.7 Å². The van der Waals surface area contributed by atoms with Crippen molar-refractivity contribution in [1.29, 1.82) is 0 Å². The Morgan fingerprint density at radius 2 is 1.93 bits per heavy atom. The summed E-state index contributed by atoms with van der Waals surface area (Å²) in [5, 5.41) is 20.4. The summed E-state index contributed by atoms with van der Waals surface area (Å²) in [6.07, 6.45) is 14.3. The number of carboxylic acid groups (broad SMARTS) is 1. The molecule has 0 heterocycles. The minimum atomic E-state index is -0.657. The van der Waals surface area contributed by atoms with E-state index >= 15 is 0 Å². The molecule has 2 N–H and O–H groups in total. The van der Waals surface area contributed by atoms with Crippen molar-refractivity contribution in [2.24, 2.45) is 45.8 Å². The summed E-state index contributed by atoms with van der Waals surface area (Å²) in [4.78, 5) is 11.1. The highest BCUT2D eigenvalue weighted by molar-refractivity contribution is 5.66. The first-order valence-electron chi connectivity index (χ1n) is 11.7. The van der Waals surface area contributed by atoms with Crippen LogP contribution in [0.15, 0.2) is 0 Å². The minimum Gasteiger partial charge on any atom is -0.481 e. The predicted octanol–water partition coefficient (Wildman–Crippen LogP) is 5.26. The van der Waals surface area contributed by atoms with Gasteiger partial charge >= 0.3 is 5.97 Å². The molecule has 0 saturated heterocycles. The molecule has 8 unspecified atom stereocenters. The maximum Gasteiger partial charge on any atom is 0.303 e. The fourth-order valence-corrected chi connectivity index (χ4v) is 9.71. The van der Waals surface area contributed by atoms with Gasteiger partial charge in [0.25, 0.3) is 0 Å². The number of aliphatic hydroxyl groups excluding tert-OH is 1. The summed E-state index contributed by atoms with van der Waals surface area (Å²) >= 11 is 0. The highest BCUT2D eigenvalue weighted by Gasteiger charge is 2.79. The van der Waals surface area contributed by atoms with Gasteiger partial charge in [0.1, 0.15) is 0 Å². The van der Waals surface area contributed by atoms with Crippen molar-refractivity contribution in [1.82, 2.24) is 0 Å². The summed E-state index contributed by atoms with van der Waals surface area (Å²) in [5.74, 6) is 2.47. The molecular weight excluding hydrogens is 336 g/mol. The normalized spacial score (nSPS) is 54.3. The van der Waals surface area contributed by atoms with Crippen LogP contribution in [0.1, 0.15) is 90.9 Å². The van der Waals surface area contributed by atoms with E-state index < -0.39 is 5.97 Å². The lowest BCUT2D eigenvalue weighted by Crippen LogP contribution is -2.54. The summed E-state index contributed by atoms with van der Waals surface area (Å²) in [6.45, 7) is 4.80. The number of hydrogen-bond donors (Lipinski definition) is 2. The quantitative estimate of drug-likeness (QED) is 0.705. The molecule has 0 aromatic carbocycles. The fourth-order valence-electron chi connectivity index (χ4n) is 9.71. The van der Waals surface area contributed by atoms with Crippen molar-refractivity contribution in [3.63, 3.8) is 0 Å². The van der Waals surface area contributed by atoms with Gasteiger partial charge in [0.15, 0.2) is 0 Å². The average molecular weight is 375 g/mol. The number of aliphatic hydroxyl groups is 1. The first-order valence-corrected chi connectivity index (χ1v) is 11.7. The summed E-state index contributed by atoms with van der Waals surface area (Å²) in [7, 11) is 0. The summed E-state index contributed by atoms with van der Waals surface area (Å²) < 4.78 is 0. The molecule has 3 nitrogen and oxygen atoms in total. The molecule has 0 radical (unpaired) electrons. The van der Waals surface area contributed by atoms with Gasteiger partial charge in [-0.2, -0.15) is 0 Å². The van der Waals surface area contributed by atoms with Crippen LogP contribution < -0.4 is 0 Å². The van der Waals surface area contributed by atoms with Gasteiger partial charge in [-0.05, 0) is 104 Å². The Balaban J connectivity index is 1.40. The molecule has 0 aromatic rings. The second-order valence-electron chi connectivity index (χ2n) is 11.5. The second-order valence-corrected chi connectivity index (χ2v) is 11.5. The molecule has 5 rings (SSSR count). The molecule has 9 atom stereocenters. The Morgan fingerprint density at radius 1 is 1.11 bits per heavy atom. The third kappa shape index (κ3) is 2.33. The molecule has 5 aliphatic carbocycles. The lowest BCUT2D eigenvalue weighted by Gasteiger charge is -2.57. The number of carboxylic acids is 1. The Kier molecular flexibility index (Phi) is 4.08. The molecule has 0 aromatic heterocycles. The number of hydrogen-bond acceptors (Lipinski definition) is 2. The van der Waals surface area contributed by atoms with Crippen LogP contribution in [0.4, 0.5) is 0 Å². The lowest BCUT2D eigenvalue weighted by atomic mass is 9.48.